The van der Waals surface area contributed by atoms with Gasteiger partial charge >= 0.3 is 0 Å². The summed E-state index contributed by atoms with van der Waals surface area (Å²) in [5.74, 6) is -0.603. The highest BCUT2D eigenvalue weighted by atomic mass is 19.1. The van der Waals surface area contributed by atoms with Crippen LogP contribution >= 0.6 is 0 Å². The third kappa shape index (κ3) is 4.11. The van der Waals surface area contributed by atoms with Gasteiger partial charge in [0.15, 0.2) is 0 Å². The van der Waals surface area contributed by atoms with Crippen LogP contribution in [0.2, 0.25) is 0 Å². The molecular weight excluding hydrogens is 264 g/mol. The number of benzene rings is 1. The Kier molecular flexibility index (Phi) is 4.39. The molecule has 20 heavy (non-hydrogen) atoms. The molecule has 5 nitrogen and oxygen atoms in total. The largest absolute Gasteiger partial charge is 0.368 e. The summed E-state index contributed by atoms with van der Waals surface area (Å²) >= 11 is 0. The Morgan fingerprint density at radius 3 is 2.55 bits per heavy atom. The molecule has 106 valence electrons. The Morgan fingerprint density at radius 1 is 1.20 bits per heavy atom. The predicted molar refractivity (Wildman–Crippen MR) is 72.0 cm³/mol. The summed E-state index contributed by atoms with van der Waals surface area (Å²) < 4.78 is 26.1. The van der Waals surface area contributed by atoms with Crippen molar-refractivity contribution in [2.45, 2.75) is 25.8 Å². The minimum Gasteiger partial charge on any atom is -0.368 e. The fourth-order valence-electron chi connectivity index (χ4n) is 1.81. The lowest BCUT2D eigenvalue weighted by Gasteiger charge is -2.13. The average molecular weight is 279 g/mol. The minimum absolute atomic E-state index is 0.0307. The van der Waals surface area contributed by atoms with Crippen molar-refractivity contribution in [3.8, 4) is 0 Å². The first-order chi connectivity index (χ1) is 9.52. The maximum Gasteiger partial charge on any atom is 0.227 e. The molecular formula is C13H15F2N5. The quantitative estimate of drug-likeness (QED) is 0.877. The van der Waals surface area contributed by atoms with Gasteiger partial charge in [-0.25, -0.2) is 18.7 Å². The number of aryl methyl sites for hydroxylation is 1. The third-order valence-corrected chi connectivity index (χ3v) is 2.75. The van der Waals surface area contributed by atoms with Crippen LogP contribution in [0, 0.1) is 11.6 Å². The summed E-state index contributed by atoms with van der Waals surface area (Å²) in [5.41, 5.74) is 6.06. The average Bonchev–Trinajstić information content (AvgIpc) is 2.35. The molecule has 0 aliphatic heterocycles. The van der Waals surface area contributed by atoms with Crippen LogP contribution in [0.25, 0.3) is 0 Å². The van der Waals surface area contributed by atoms with Gasteiger partial charge in [-0.05, 0) is 37.5 Å². The fourth-order valence-corrected chi connectivity index (χ4v) is 1.81. The molecule has 3 N–H and O–H groups in total. The van der Waals surface area contributed by atoms with Gasteiger partial charge in [-0.1, -0.05) is 0 Å². The Morgan fingerprint density at radius 2 is 1.90 bits per heavy atom. The number of anilines is 2. The van der Waals surface area contributed by atoms with Crippen molar-refractivity contribution in [1.29, 1.82) is 0 Å². The molecule has 2 aromatic rings. The molecule has 1 atom stereocenters. The van der Waals surface area contributed by atoms with E-state index in [-0.39, 0.29) is 12.0 Å². The number of nitrogens with two attached hydrogens (primary N) is 1. The first-order valence-electron chi connectivity index (χ1n) is 6.19. The molecule has 7 heteroatoms. The summed E-state index contributed by atoms with van der Waals surface area (Å²) in [7, 11) is 0. The van der Waals surface area contributed by atoms with Crippen molar-refractivity contribution in [3.63, 3.8) is 0 Å². The zero-order valence-electron chi connectivity index (χ0n) is 11.0. The third-order valence-electron chi connectivity index (χ3n) is 2.75. The molecule has 0 aliphatic carbocycles. The molecule has 0 spiro atoms. The lowest BCUT2D eigenvalue weighted by molar-refractivity contribution is 0.577. The number of nitrogen functional groups attached to an aromatic ring is 1. The second-order valence-corrected chi connectivity index (χ2v) is 4.53. The second kappa shape index (κ2) is 6.23. The predicted octanol–water partition coefficient (Wildman–Crippen LogP) is 2.17. The number of nitrogens with zero attached hydrogens (tertiary/aromatic N) is 3. The molecule has 0 amide bonds. The van der Waals surface area contributed by atoms with Crippen molar-refractivity contribution >= 4 is 11.9 Å². The molecule has 0 saturated heterocycles. The Hall–Kier alpha value is -2.31. The topological polar surface area (TPSA) is 76.7 Å². The summed E-state index contributed by atoms with van der Waals surface area (Å²) in [4.78, 5) is 11.5. The highest BCUT2D eigenvalue weighted by Gasteiger charge is 2.07. The normalized spacial score (nSPS) is 12.2. The van der Waals surface area contributed by atoms with E-state index in [0.29, 0.717) is 24.4 Å². The smallest absolute Gasteiger partial charge is 0.227 e. The maximum atomic E-state index is 13.0. The SMILES string of the molecule is CC(CCc1cc(F)cc(F)c1)Nc1ncnc(N)n1. The Labute approximate surface area is 115 Å². The van der Waals surface area contributed by atoms with Gasteiger partial charge < -0.3 is 11.1 Å². The zero-order valence-corrected chi connectivity index (χ0v) is 11.0. The van der Waals surface area contributed by atoms with Gasteiger partial charge in [-0.3, -0.25) is 0 Å². The van der Waals surface area contributed by atoms with Crippen LogP contribution < -0.4 is 11.1 Å². The van der Waals surface area contributed by atoms with E-state index in [4.69, 9.17) is 5.73 Å². The molecule has 1 unspecified atom stereocenters. The van der Waals surface area contributed by atoms with Crippen molar-refractivity contribution in [1.82, 2.24) is 15.0 Å². The van der Waals surface area contributed by atoms with Crippen LogP contribution in [-0.4, -0.2) is 21.0 Å². The van der Waals surface area contributed by atoms with E-state index in [1.165, 1.54) is 18.5 Å². The van der Waals surface area contributed by atoms with Gasteiger partial charge in [0.25, 0.3) is 0 Å². The molecule has 0 radical (unpaired) electrons. The zero-order chi connectivity index (χ0) is 14.5. The Bertz CT molecular complexity index is 570. The second-order valence-electron chi connectivity index (χ2n) is 4.53. The highest BCUT2D eigenvalue weighted by Crippen LogP contribution is 2.12. The van der Waals surface area contributed by atoms with Gasteiger partial charge in [0.05, 0.1) is 0 Å². The number of rotatable bonds is 5. The molecule has 0 aliphatic rings. The van der Waals surface area contributed by atoms with Gasteiger partial charge in [0.1, 0.15) is 18.0 Å². The van der Waals surface area contributed by atoms with Crippen LogP contribution in [-0.2, 0) is 6.42 Å². The maximum absolute atomic E-state index is 13.0. The molecule has 0 saturated carbocycles. The minimum atomic E-state index is -0.564. The lowest BCUT2D eigenvalue weighted by atomic mass is 10.1. The van der Waals surface area contributed by atoms with Gasteiger partial charge in [0.2, 0.25) is 11.9 Å². The summed E-state index contributed by atoms with van der Waals surface area (Å²) in [6.45, 7) is 1.93. The monoisotopic (exact) mass is 279 g/mol. The molecule has 1 heterocycles. The standard InChI is InChI=1S/C13H15F2N5/c1-8(19-13-18-7-17-12(16)20-13)2-3-9-4-10(14)6-11(15)5-9/h4-8H,2-3H2,1H3,(H3,16,17,18,19,20). The van der Waals surface area contributed by atoms with Crippen molar-refractivity contribution < 1.29 is 8.78 Å². The molecule has 0 bridgehead atoms. The van der Waals surface area contributed by atoms with E-state index in [1.807, 2.05) is 6.92 Å². The molecule has 0 fully saturated rings. The highest BCUT2D eigenvalue weighted by molar-refractivity contribution is 5.30. The van der Waals surface area contributed by atoms with Crippen LogP contribution in [0.15, 0.2) is 24.5 Å². The molecule has 1 aromatic heterocycles. The van der Waals surface area contributed by atoms with E-state index in [0.717, 1.165) is 6.07 Å². The number of hydrogen-bond donors (Lipinski definition) is 2. The van der Waals surface area contributed by atoms with Gasteiger partial charge in [0, 0.05) is 12.1 Å². The summed E-state index contributed by atoms with van der Waals surface area (Å²) in [6.07, 6.45) is 2.54. The van der Waals surface area contributed by atoms with E-state index < -0.39 is 11.6 Å². The number of aromatic nitrogens is 3. The van der Waals surface area contributed by atoms with E-state index in [2.05, 4.69) is 20.3 Å². The number of halogens is 2. The Balaban J connectivity index is 1.90. The lowest BCUT2D eigenvalue weighted by Crippen LogP contribution is -2.18. The van der Waals surface area contributed by atoms with E-state index in [1.54, 1.807) is 0 Å². The summed E-state index contributed by atoms with van der Waals surface area (Å²) in [6, 6.07) is 3.55. The number of hydrogen-bond acceptors (Lipinski definition) is 5. The van der Waals surface area contributed by atoms with Crippen LogP contribution in [0.5, 0.6) is 0 Å². The fraction of sp³-hybridized carbons (Fsp3) is 0.308. The first-order valence-corrected chi connectivity index (χ1v) is 6.19. The van der Waals surface area contributed by atoms with Crippen LogP contribution in [0.4, 0.5) is 20.7 Å². The van der Waals surface area contributed by atoms with Crippen molar-refractivity contribution in [2.24, 2.45) is 0 Å². The van der Waals surface area contributed by atoms with Crippen molar-refractivity contribution in [2.75, 3.05) is 11.1 Å². The number of nitrogens with one attached hydrogen (secondary N) is 1. The van der Waals surface area contributed by atoms with E-state index in [9.17, 15) is 8.78 Å². The van der Waals surface area contributed by atoms with Gasteiger partial charge in [-0.2, -0.15) is 4.98 Å². The van der Waals surface area contributed by atoms with Crippen LogP contribution in [0.3, 0.4) is 0 Å². The first kappa shape index (κ1) is 14.1. The van der Waals surface area contributed by atoms with E-state index >= 15 is 0 Å². The van der Waals surface area contributed by atoms with Gasteiger partial charge in [-0.15, -0.1) is 0 Å². The molecule has 2 rings (SSSR count). The van der Waals surface area contributed by atoms with Crippen molar-refractivity contribution in [3.05, 3.63) is 41.7 Å². The summed E-state index contributed by atoms with van der Waals surface area (Å²) in [5, 5.41) is 3.05. The molecule has 1 aromatic carbocycles. The van der Waals surface area contributed by atoms with Crippen LogP contribution in [0.1, 0.15) is 18.9 Å².